The van der Waals surface area contributed by atoms with Gasteiger partial charge in [-0.1, -0.05) is 0 Å². The molecule has 0 bridgehead atoms. The number of carbonyl (C=O) groups is 1. The van der Waals surface area contributed by atoms with Crippen molar-refractivity contribution in [3.63, 3.8) is 0 Å². The minimum atomic E-state index is -0.445. The fourth-order valence-corrected chi connectivity index (χ4v) is 1.98. The molecule has 0 aliphatic rings. The van der Waals surface area contributed by atoms with Gasteiger partial charge in [-0.3, -0.25) is 14.9 Å². The van der Waals surface area contributed by atoms with E-state index < -0.39 is 4.92 Å². The lowest BCUT2D eigenvalue weighted by molar-refractivity contribution is -0.384. The molecule has 0 spiro atoms. The van der Waals surface area contributed by atoms with Crippen LogP contribution < -0.4 is 10.1 Å². The predicted molar refractivity (Wildman–Crippen MR) is 87.9 cm³/mol. The number of hydrogen-bond acceptors (Lipinski definition) is 5. The molecule has 0 heterocycles. The summed E-state index contributed by atoms with van der Waals surface area (Å²) in [6.45, 7) is 1.76. The molecular weight excluding hydrogens is 296 g/mol. The Morgan fingerprint density at radius 1 is 1.22 bits per heavy atom. The number of hydrogen-bond donors (Lipinski definition) is 1. The zero-order chi connectivity index (χ0) is 16.8. The first-order valence-electron chi connectivity index (χ1n) is 6.88. The smallest absolute Gasteiger partial charge is 0.269 e. The molecule has 2 aromatic carbocycles. The van der Waals surface area contributed by atoms with Gasteiger partial charge in [-0.25, -0.2) is 0 Å². The summed E-state index contributed by atoms with van der Waals surface area (Å²) in [6.07, 6.45) is 2.92. The first-order valence-corrected chi connectivity index (χ1v) is 6.88. The summed E-state index contributed by atoms with van der Waals surface area (Å²) in [5, 5.41) is 13.6. The minimum Gasteiger partial charge on any atom is -0.497 e. The van der Waals surface area contributed by atoms with Gasteiger partial charge in [0.15, 0.2) is 5.78 Å². The van der Waals surface area contributed by atoms with Crippen LogP contribution in [0, 0.1) is 17.0 Å². The van der Waals surface area contributed by atoms with Gasteiger partial charge in [0, 0.05) is 35.7 Å². The molecule has 2 rings (SSSR count). The van der Waals surface area contributed by atoms with Crippen LogP contribution in [-0.2, 0) is 0 Å². The van der Waals surface area contributed by atoms with Gasteiger partial charge in [0.1, 0.15) is 5.75 Å². The molecule has 1 N–H and O–H groups in total. The Morgan fingerprint density at radius 3 is 2.48 bits per heavy atom. The molecule has 0 saturated heterocycles. The number of non-ortho nitro benzene ring substituents is 1. The van der Waals surface area contributed by atoms with E-state index in [1.54, 1.807) is 44.4 Å². The van der Waals surface area contributed by atoms with Crippen molar-refractivity contribution < 1.29 is 14.5 Å². The number of nitro benzene ring substituents is 1. The lowest BCUT2D eigenvalue weighted by Crippen LogP contribution is -1.98. The van der Waals surface area contributed by atoms with Crippen LogP contribution in [0.3, 0.4) is 0 Å². The highest BCUT2D eigenvalue weighted by Crippen LogP contribution is 2.21. The number of nitrogens with one attached hydrogen (secondary N) is 1. The number of benzene rings is 2. The molecule has 23 heavy (non-hydrogen) atoms. The summed E-state index contributed by atoms with van der Waals surface area (Å²) in [6, 6.07) is 11.3. The molecule has 0 atom stereocenters. The van der Waals surface area contributed by atoms with E-state index in [1.165, 1.54) is 24.4 Å². The summed E-state index contributed by atoms with van der Waals surface area (Å²) in [4.78, 5) is 22.2. The highest BCUT2D eigenvalue weighted by Gasteiger charge is 2.07. The third-order valence-corrected chi connectivity index (χ3v) is 3.27. The number of methoxy groups -OCH3 is 1. The maximum absolute atomic E-state index is 12.0. The standard InChI is InChI=1S/C17H16N2O4/c1-12-11-14(19(21)22)5-8-16(12)18-10-9-17(20)13-3-6-15(23-2)7-4-13/h3-11,18H,1-2H3/b10-9+. The second-order valence-electron chi connectivity index (χ2n) is 4.83. The maximum Gasteiger partial charge on any atom is 0.269 e. The van der Waals surface area contributed by atoms with Gasteiger partial charge in [0.05, 0.1) is 12.0 Å². The van der Waals surface area contributed by atoms with Crippen molar-refractivity contribution in [1.82, 2.24) is 0 Å². The molecular formula is C17H16N2O4. The average molecular weight is 312 g/mol. The van der Waals surface area contributed by atoms with E-state index in [0.717, 1.165) is 5.56 Å². The SMILES string of the molecule is COc1ccc(C(=O)/C=C/Nc2ccc([N+](=O)[O-])cc2C)cc1. The Balaban J connectivity index is 2.03. The van der Waals surface area contributed by atoms with Crippen molar-refractivity contribution in [3.8, 4) is 5.75 Å². The van der Waals surface area contributed by atoms with E-state index in [9.17, 15) is 14.9 Å². The lowest BCUT2D eigenvalue weighted by atomic mass is 10.1. The third kappa shape index (κ3) is 4.16. The van der Waals surface area contributed by atoms with Crippen LogP contribution in [-0.4, -0.2) is 17.8 Å². The summed E-state index contributed by atoms with van der Waals surface area (Å²) in [5.74, 6) is 0.532. The second-order valence-corrected chi connectivity index (χ2v) is 4.83. The molecule has 2 aromatic rings. The van der Waals surface area contributed by atoms with Gasteiger partial charge in [0.25, 0.3) is 5.69 Å². The van der Waals surface area contributed by atoms with E-state index in [-0.39, 0.29) is 11.5 Å². The van der Waals surface area contributed by atoms with Crippen molar-refractivity contribution in [2.75, 3.05) is 12.4 Å². The number of carbonyl (C=O) groups excluding carboxylic acids is 1. The Morgan fingerprint density at radius 2 is 1.91 bits per heavy atom. The molecule has 6 heteroatoms. The van der Waals surface area contributed by atoms with Crippen LogP contribution in [0.1, 0.15) is 15.9 Å². The molecule has 0 saturated carbocycles. The average Bonchev–Trinajstić information content (AvgIpc) is 2.56. The van der Waals surface area contributed by atoms with Crippen molar-refractivity contribution >= 4 is 17.2 Å². The molecule has 0 radical (unpaired) electrons. The topological polar surface area (TPSA) is 81.5 Å². The van der Waals surface area contributed by atoms with Crippen LogP contribution in [0.25, 0.3) is 0 Å². The Bertz CT molecular complexity index is 752. The zero-order valence-corrected chi connectivity index (χ0v) is 12.8. The zero-order valence-electron chi connectivity index (χ0n) is 12.8. The molecule has 0 aromatic heterocycles. The molecule has 0 aliphatic heterocycles. The van der Waals surface area contributed by atoms with Gasteiger partial charge in [-0.2, -0.15) is 0 Å². The largest absolute Gasteiger partial charge is 0.497 e. The van der Waals surface area contributed by atoms with Gasteiger partial charge >= 0.3 is 0 Å². The summed E-state index contributed by atoms with van der Waals surface area (Å²) in [7, 11) is 1.56. The lowest BCUT2D eigenvalue weighted by Gasteiger charge is -2.05. The van der Waals surface area contributed by atoms with E-state index in [0.29, 0.717) is 17.0 Å². The molecule has 0 aliphatic carbocycles. The third-order valence-electron chi connectivity index (χ3n) is 3.27. The molecule has 118 valence electrons. The van der Waals surface area contributed by atoms with E-state index >= 15 is 0 Å². The highest BCUT2D eigenvalue weighted by atomic mass is 16.6. The molecule has 0 unspecified atom stereocenters. The van der Waals surface area contributed by atoms with Crippen LogP contribution in [0.5, 0.6) is 5.75 Å². The van der Waals surface area contributed by atoms with Gasteiger partial charge in [-0.15, -0.1) is 0 Å². The van der Waals surface area contributed by atoms with Crippen LogP contribution in [0.4, 0.5) is 11.4 Å². The molecule has 0 fully saturated rings. The maximum atomic E-state index is 12.0. The van der Waals surface area contributed by atoms with Crippen molar-refractivity contribution in [2.45, 2.75) is 6.92 Å². The number of ketones is 1. The van der Waals surface area contributed by atoms with Crippen molar-refractivity contribution in [3.05, 3.63) is 76.0 Å². The van der Waals surface area contributed by atoms with Crippen molar-refractivity contribution in [2.24, 2.45) is 0 Å². The molecule has 6 nitrogen and oxygen atoms in total. The number of aryl methyl sites for hydroxylation is 1. The van der Waals surface area contributed by atoms with Crippen LogP contribution >= 0.6 is 0 Å². The fraction of sp³-hybridized carbons (Fsp3) is 0.118. The number of rotatable bonds is 6. The number of anilines is 1. The number of allylic oxidation sites excluding steroid dienone is 1. The van der Waals surface area contributed by atoms with Gasteiger partial charge < -0.3 is 10.1 Å². The fourth-order valence-electron chi connectivity index (χ4n) is 1.98. The monoisotopic (exact) mass is 312 g/mol. The number of ether oxygens (including phenoxy) is 1. The number of nitro groups is 1. The normalized spacial score (nSPS) is 10.5. The Hall–Kier alpha value is -3.15. The second kappa shape index (κ2) is 7.22. The van der Waals surface area contributed by atoms with Crippen LogP contribution in [0.2, 0.25) is 0 Å². The van der Waals surface area contributed by atoms with Crippen molar-refractivity contribution in [1.29, 1.82) is 0 Å². The number of nitrogens with zero attached hydrogens (tertiary/aromatic N) is 1. The minimum absolute atomic E-state index is 0.0336. The predicted octanol–water partition coefficient (Wildman–Crippen LogP) is 3.72. The quantitative estimate of drug-likeness (QED) is 0.380. The van der Waals surface area contributed by atoms with Gasteiger partial charge in [-0.05, 0) is 42.8 Å². The van der Waals surface area contributed by atoms with Gasteiger partial charge in [0.2, 0.25) is 0 Å². The summed E-state index contributed by atoms with van der Waals surface area (Å²) in [5.41, 5.74) is 2.01. The Labute approximate surface area is 133 Å². The first-order chi connectivity index (χ1) is 11.0. The molecule has 0 amide bonds. The van der Waals surface area contributed by atoms with E-state index in [4.69, 9.17) is 4.74 Å². The summed E-state index contributed by atoms with van der Waals surface area (Å²) < 4.78 is 5.04. The van der Waals surface area contributed by atoms with E-state index in [2.05, 4.69) is 5.32 Å². The highest BCUT2D eigenvalue weighted by molar-refractivity contribution is 6.04. The van der Waals surface area contributed by atoms with E-state index in [1.807, 2.05) is 0 Å². The Kier molecular flexibility index (Phi) is 5.09. The summed E-state index contributed by atoms with van der Waals surface area (Å²) >= 11 is 0. The van der Waals surface area contributed by atoms with Crippen LogP contribution in [0.15, 0.2) is 54.7 Å². The first kappa shape index (κ1) is 16.2.